The Hall–Kier alpha value is -1.51. The van der Waals surface area contributed by atoms with Gasteiger partial charge >= 0.3 is 19.8 Å². The molecule has 0 spiro atoms. The first kappa shape index (κ1) is 74.5. The maximum atomic E-state index is 12.8. The number of hydrogen-bond acceptors (Lipinski definition) is 7. The fourth-order valence-corrected chi connectivity index (χ4v) is 10.6. The molecule has 2 unspecified atom stereocenters. The molecule has 450 valence electrons. The third-order valence-electron chi connectivity index (χ3n) is 15.0. The van der Waals surface area contributed by atoms with Crippen molar-refractivity contribution in [3.63, 3.8) is 0 Å². The molecule has 0 aliphatic heterocycles. The van der Waals surface area contributed by atoms with E-state index in [1.165, 1.54) is 244 Å². The normalized spacial score (nSPS) is 13.3. The summed E-state index contributed by atoms with van der Waals surface area (Å²) in [5.74, 6) is -0.798. The van der Waals surface area contributed by atoms with Gasteiger partial charge in [0.1, 0.15) is 19.8 Å². The van der Waals surface area contributed by atoms with E-state index >= 15 is 0 Å². The molecule has 0 fully saturated rings. The number of quaternary nitrogens is 1. The molecule has 0 aromatic heterocycles. The highest BCUT2D eigenvalue weighted by molar-refractivity contribution is 7.47. The highest BCUT2D eigenvalue weighted by Gasteiger charge is 2.27. The molecule has 10 heteroatoms. The largest absolute Gasteiger partial charge is 0.472 e. The van der Waals surface area contributed by atoms with Crippen LogP contribution in [0.3, 0.4) is 0 Å². The molecular formula is C66H129NO8P+. The Morgan fingerprint density at radius 1 is 0.408 bits per heavy atom. The number of unbranched alkanes of at least 4 members (excludes halogenated alkanes) is 44. The van der Waals surface area contributed by atoms with Gasteiger partial charge in [0.25, 0.3) is 0 Å². The second-order valence-electron chi connectivity index (χ2n) is 23.9. The summed E-state index contributed by atoms with van der Waals surface area (Å²) in [6, 6.07) is 0. The van der Waals surface area contributed by atoms with E-state index in [-0.39, 0.29) is 25.6 Å². The van der Waals surface area contributed by atoms with E-state index in [9.17, 15) is 19.0 Å². The van der Waals surface area contributed by atoms with Gasteiger partial charge in [-0.25, -0.2) is 4.57 Å². The fraction of sp³-hybridized carbons (Fsp3) is 0.909. The third kappa shape index (κ3) is 61.7. The average Bonchev–Trinajstić information content (AvgIpc) is 3.38. The molecule has 76 heavy (non-hydrogen) atoms. The predicted molar refractivity (Wildman–Crippen MR) is 326 cm³/mol. The number of rotatable bonds is 62. The molecule has 0 aromatic rings. The minimum atomic E-state index is -4.39. The lowest BCUT2D eigenvalue weighted by Crippen LogP contribution is -2.37. The molecule has 0 saturated heterocycles. The maximum absolute atomic E-state index is 12.8. The van der Waals surface area contributed by atoms with Gasteiger partial charge in [0.2, 0.25) is 0 Å². The van der Waals surface area contributed by atoms with Crippen molar-refractivity contribution in [1.29, 1.82) is 0 Å². The minimum Gasteiger partial charge on any atom is -0.462 e. The van der Waals surface area contributed by atoms with Crippen LogP contribution in [-0.4, -0.2) is 74.9 Å². The number of hydrogen-bond donors (Lipinski definition) is 1. The van der Waals surface area contributed by atoms with Crippen LogP contribution in [0.5, 0.6) is 0 Å². The first-order chi connectivity index (χ1) is 37.0. The number of nitrogens with zero attached hydrogens (tertiary/aromatic N) is 1. The number of likely N-dealkylation sites (N-methyl/N-ethyl adjacent to an activating group) is 1. The summed E-state index contributed by atoms with van der Waals surface area (Å²) in [4.78, 5) is 35.7. The summed E-state index contributed by atoms with van der Waals surface area (Å²) in [6.07, 6.45) is 71.6. The maximum Gasteiger partial charge on any atom is 0.472 e. The van der Waals surface area contributed by atoms with Crippen LogP contribution in [0.2, 0.25) is 0 Å². The number of allylic oxidation sites excluding steroid dienone is 4. The van der Waals surface area contributed by atoms with Gasteiger partial charge in [-0.2, -0.15) is 0 Å². The third-order valence-corrected chi connectivity index (χ3v) is 16.0. The number of esters is 2. The minimum absolute atomic E-state index is 0.0311. The fourth-order valence-electron chi connectivity index (χ4n) is 9.87. The van der Waals surface area contributed by atoms with Gasteiger partial charge in [-0.1, -0.05) is 301 Å². The molecule has 1 N–H and O–H groups in total. The zero-order valence-electron chi connectivity index (χ0n) is 51.3. The van der Waals surface area contributed by atoms with E-state index in [0.717, 1.165) is 57.8 Å². The Morgan fingerprint density at radius 3 is 1.07 bits per heavy atom. The standard InChI is InChI=1S/C66H128NO8P/c1-6-8-10-12-14-16-18-20-22-23-24-25-26-27-28-29-30-31-32-33-34-35-36-37-38-39-40-41-42-43-45-46-48-50-52-54-56-58-65(68)72-62-64(63-74-76(70,71)73-61-60-67(3,4)5)75-66(69)59-57-55-53-51-49-47-44-21-19-17-15-13-11-9-7-2/h15,17,21,44,64H,6-14,16,18-20,22-43,45-63H2,1-5H3/p+1/b17-15-,44-21-. The lowest BCUT2D eigenvalue weighted by Gasteiger charge is -2.24. The number of phosphoric acid groups is 1. The summed E-state index contributed by atoms with van der Waals surface area (Å²) in [7, 11) is 1.48. The van der Waals surface area contributed by atoms with Crippen LogP contribution in [0.4, 0.5) is 0 Å². The summed E-state index contributed by atoms with van der Waals surface area (Å²) >= 11 is 0. The van der Waals surface area contributed by atoms with E-state index in [0.29, 0.717) is 23.9 Å². The highest BCUT2D eigenvalue weighted by Crippen LogP contribution is 2.43. The van der Waals surface area contributed by atoms with Crippen LogP contribution in [0, 0.1) is 0 Å². The Bertz CT molecular complexity index is 1330. The summed E-state index contributed by atoms with van der Waals surface area (Å²) in [5, 5.41) is 0. The lowest BCUT2D eigenvalue weighted by molar-refractivity contribution is -0.870. The SMILES string of the molecule is CCCCC/C=C\C/C=C\CCCCCCCC(=O)OC(COC(=O)CCCCCCCCCCCCCCCCCCCCCCCCCCCCCCCCCCCCCCC)COP(=O)(O)OCC[N+](C)(C)C. The van der Waals surface area contributed by atoms with E-state index < -0.39 is 26.5 Å². The molecule has 0 saturated carbocycles. The molecule has 0 radical (unpaired) electrons. The second kappa shape index (κ2) is 58.2. The quantitative estimate of drug-likeness (QED) is 0.0211. The zero-order valence-corrected chi connectivity index (χ0v) is 52.2. The van der Waals surface area contributed by atoms with Crippen molar-refractivity contribution in [3.8, 4) is 0 Å². The van der Waals surface area contributed by atoms with E-state index in [1.807, 2.05) is 21.1 Å². The van der Waals surface area contributed by atoms with Crippen molar-refractivity contribution >= 4 is 19.8 Å². The van der Waals surface area contributed by atoms with E-state index in [1.54, 1.807) is 0 Å². The summed E-state index contributed by atoms with van der Waals surface area (Å²) in [6.45, 7) is 4.44. The molecule has 0 aromatic carbocycles. The smallest absolute Gasteiger partial charge is 0.462 e. The van der Waals surface area contributed by atoms with Crippen molar-refractivity contribution in [3.05, 3.63) is 24.3 Å². The predicted octanol–water partition coefficient (Wildman–Crippen LogP) is 20.9. The van der Waals surface area contributed by atoms with Crippen molar-refractivity contribution < 1.29 is 42.1 Å². The van der Waals surface area contributed by atoms with Crippen molar-refractivity contribution in [2.75, 3.05) is 47.5 Å². The van der Waals surface area contributed by atoms with Crippen molar-refractivity contribution in [2.45, 2.75) is 341 Å². The number of phosphoric ester groups is 1. The summed E-state index contributed by atoms with van der Waals surface area (Å²) in [5.41, 5.74) is 0. The topological polar surface area (TPSA) is 108 Å². The molecule has 0 aliphatic rings. The molecule has 0 aliphatic carbocycles. The Labute approximate surface area is 472 Å². The van der Waals surface area contributed by atoms with Gasteiger partial charge in [-0.15, -0.1) is 0 Å². The molecule has 0 rings (SSSR count). The van der Waals surface area contributed by atoms with Crippen LogP contribution in [0.1, 0.15) is 335 Å². The molecule has 0 bridgehead atoms. The van der Waals surface area contributed by atoms with Gasteiger partial charge in [-0.05, 0) is 44.9 Å². The molecule has 0 heterocycles. The number of carbonyl (C=O) groups is 2. The van der Waals surface area contributed by atoms with Gasteiger partial charge in [0, 0.05) is 12.8 Å². The lowest BCUT2D eigenvalue weighted by atomic mass is 10.0. The monoisotopic (exact) mass is 1090 g/mol. The molecule has 9 nitrogen and oxygen atoms in total. The van der Waals surface area contributed by atoms with Crippen LogP contribution in [0.25, 0.3) is 0 Å². The van der Waals surface area contributed by atoms with Crippen molar-refractivity contribution in [1.82, 2.24) is 0 Å². The first-order valence-electron chi connectivity index (χ1n) is 33.1. The summed E-state index contributed by atoms with van der Waals surface area (Å²) < 4.78 is 34.6. The van der Waals surface area contributed by atoms with Crippen LogP contribution in [0.15, 0.2) is 24.3 Å². The number of ether oxygens (including phenoxy) is 2. The Kier molecular flexibility index (Phi) is 57.0. The molecule has 0 amide bonds. The van der Waals surface area contributed by atoms with Gasteiger partial charge < -0.3 is 18.9 Å². The van der Waals surface area contributed by atoms with E-state index in [4.69, 9.17) is 18.5 Å². The average molecular weight is 1100 g/mol. The van der Waals surface area contributed by atoms with Crippen molar-refractivity contribution in [2.24, 2.45) is 0 Å². The van der Waals surface area contributed by atoms with E-state index in [2.05, 4.69) is 38.2 Å². The van der Waals surface area contributed by atoms with Crippen LogP contribution < -0.4 is 0 Å². The van der Waals surface area contributed by atoms with Crippen LogP contribution in [-0.2, 0) is 32.7 Å². The Morgan fingerprint density at radius 2 is 0.711 bits per heavy atom. The van der Waals surface area contributed by atoms with Gasteiger partial charge in [0.05, 0.1) is 27.7 Å². The molecule has 2 atom stereocenters. The zero-order chi connectivity index (χ0) is 55.6. The highest BCUT2D eigenvalue weighted by atomic mass is 31.2. The second-order valence-corrected chi connectivity index (χ2v) is 25.3. The van der Waals surface area contributed by atoms with Gasteiger partial charge in [-0.3, -0.25) is 18.6 Å². The molecular weight excluding hydrogens is 966 g/mol. The number of carbonyl (C=O) groups excluding carboxylic acids is 2. The Balaban J connectivity index is 3.87. The van der Waals surface area contributed by atoms with Crippen LogP contribution >= 0.6 is 7.82 Å². The first-order valence-corrected chi connectivity index (χ1v) is 34.6. The van der Waals surface area contributed by atoms with Gasteiger partial charge in [0.15, 0.2) is 6.10 Å².